The van der Waals surface area contributed by atoms with Crippen molar-refractivity contribution in [3.8, 4) is 0 Å². The fourth-order valence-corrected chi connectivity index (χ4v) is 3.27. The number of thiazole rings is 1. The van der Waals surface area contributed by atoms with Gasteiger partial charge in [-0.1, -0.05) is 11.3 Å². The molecular formula is C12H15N3O3S2. The molecule has 1 aromatic heterocycles. The van der Waals surface area contributed by atoms with E-state index in [0.717, 1.165) is 16.5 Å². The quantitative estimate of drug-likeness (QED) is 0.817. The normalized spacial score (nSPS) is 11.7. The number of hydrogen-bond donors (Lipinski definition) is 2. The van der Waals surface area contributed by atoms with Gasteiger partial charge in [0.2, 0.25) is 5.91 Å². The minimum absolute atomic E-state index is 0.0107. The van der Waals surface area contributed by atoms with Crippen LogP contribution in [0.2, 0.25) is 0 Å². The van der Waals surface area contributed by atoms with E-state index in [-0.39, 0.29) is 18.1 Å². The summed E-state index contributed by atoms with van der Waals surface area (Å²) in [5.41, 5.74) is 7.09. The Balaban J connectivity index is 1.96. The van der Waals surface area contributed by atoms with Gasteiger partial charge in [0.25, 0.3) is 0 Å². The third kappa shape index (κ3) is 4.17. The second kappa shape index (κ2) is 5.76. The van der Waals surface area contributed by atoms with E-state index in [0.29, 0.717) is 17.2 Å². The molecule has 0 saturated carbocycles. The Kier molecular flexibility index (Phi) is 4.24. The van der Waals surface area contributed by atoms with Crippen molar-refractivity contribution in [3.63, 3.8) is 0 Å². The van der Waals surface area contributed by atoms with E-state index in [1.165, 1.54) is 11.3 Å². The largest absolute Gasteiger partial charge is 0.399 e. The zero-order chi connectivity index (χ0) is 14.8. The van der Waals surface area contributed by atoms with Crippen molar-refractivity contribution in [2.24, 2.45) is 0 Å². The van der Waals surface area contributed by atoms with Crippen LogP contribution >= 0.6 is 11.3 Å². The summed E-state index contributed by atoms with van der Waals surface area (Å²) in [5.74, 6) is -0.225. The number of hydrogen-bond acceptors (Lipinski definition) is 6. The molecule has 0 atom stereocenters. The maximum atomic E-state index is 11.7. The molecule has 2 rings (SSSR count). The van der Waals surface area contributed by atoms with Gasteiger partial charge in [-0.25, -0.2) is 13.4 Å². The molecule has 20 heavy (non-hydrogen) atoms. The van der Waals surface area contributed by atoms with E-state index in [9.17, 15) is 13.2 Å². The van der Waals surface area contributed by atoms with Gasteiger partial charge in [-0.05, 0) is 24.6 Å². The Labute approximate surface area is 120 Å². The molecule has 8 heteroatoms. The second-order valence-electron chi connectivity index (χ2n) is 4.53. The fourth-order valence-electron chi connectivity index (χ4n) is 1.67. The maximum Gasteiger partial charge on any atom is 0.226 e. The van der Waals surface area contributed by atoms with E-state index in [1.54, 1.807) is 18.2 Å². The Hall–Kier alpha value is -1.67. The molecule has 2 aromatic rings. The van der Waals surface area contributed by atoms with Crippen LogP contribution in [0.4, 0.5) is 10.8 Å². The summed E-state index contributed by atoms with van der Waals surface area (Å²) < 4.78 is 22.8. The number of carbonyl (C=O) groups is 1. The molecule has 0 aliphatic carbocycles. The van der Waals surface area contributed by atoms with Gasteiger partial charge in [0.15, 0.2) is 5.13 Å². The molecule has 0 radical (unpaired) electrons. The molecular weight excluding hydrogens is 298 g/mol. The van der Waals surface area contributed by atoms with Crippen LogP contribution in [0.1, 0.15) is 12.8 Å². The van der Waals surface area contributed by atoms with E-state index in [4.69, 9.17) is 5.73 Å². The lowest BCUT2D eigenvalue weighted by Gasteiger charge is -2.00. The summed E-state index contributed by atoms with van der Waals surface area (Å²) in [5, 5.41) is 3.17. The maximum absolute atomic E-state index is 11.7. The SMILES string of the molecule is CS(=O)(=O)CCCC(=O)Nc1nc2ccc(N)cc2s1. The number of nitrogens with one attached hydrogen (secondary N) is 1. The van der Waals surface area contributed by atoms with Gasteiger partial charge < -0.3 is 11.1 Å². The Morgan fingerprint density at radius 2 is 2.20 bits per heavy atom. The first-order chi connectivity index (χ1) is 9.33. The molecule has 6 nitrogen and oxygen atoms in total. The van der Waals surface area contributed by atoms with Gasteiger partial charge in [0.05, 0.1) is 16.0 Å². The molecule has 0 unspecified atom stereocenters. The predicted octanol–water partition coefficient (Wildman–Crippen LogP) is 1.64. The molecule has 0 fully saturated rings. The number of nitrogens with zero attached hydrogens (tertiary/aromatic N) is 1. The van der Waals surface area contributed by atoms with Gasteiger partial charge in [-0.3, -0.25) is 4.79 Å². The first kappa shape index (κ1) is 14.7. The fraction of sp³-hybridized carbons (Fsp3) is 0.333. The Bertz CT molecular complexity index is 737. The predicted molar refractivity (Wildman–Crippen MR) is 81.6 cm³/mol. The molecule has 1 heterocycles. The average Bonchev–Trinajstić information content (AvgIpc) is 2.68. The van der Waals surface area contributed by atoms with Crippen LogP contribution in [0, 0.1) is 0 Å². The zero-order valence-electron chi connectivity index (χ0n) is 10.9. The van der Waals surface area contributed by atoms with E-state index >= 15 is 0 Å². The van der Waals surface area contributed by atoms with Crippen LogP contribution in [0.25, 0.3) is 10.2 Å². The summed E-state index contributed by atoms with van der Waals surface area (Å²) in [6, 6.07) is 5.34. The highest BCUT2D eigenvalue weighted by Crippen LogP contribution is 2.27. The highest BCUT2D eigenvalue weighted by molar-refractivity contribution is 7.90. The van der Waals surface area contributed by atoms with Crippen molar-refractivity contribution in [2.45, 2.75) is 12.8 Å². The van der Waals surface area contributed by atoms with Crippen molar-refractivity contribution in [3.05, 3.63) is 18.2 Å². The van der Waals surface area contributed by atoms with Crippen LogP contribution in [0.5, 0.6) is 0 Å². The lowest BCUT2D eigenvalue weighted by molar-refractivity contribution is -0.116. The summed E-state index contributed by atoms with van der Waals surface area (Å²) in [6.45, 7) is 0. The average molecular weight is 313 g/mol. The van der Waals surface area contributed by atoms with Crippen molar-refractivity contribution in [1.29, 1.82) is 0 Å². The summed E-state index contributed by atoms with van der Waals surface area (Å²) in [4.78, 5) is 15.9. The molecule has 0 aliphatic heterocycles. The van der Waals surface area contributed by atoms with Gasteiger partial charge >= 0.3 is 0 Å². The molecule has 1 aromatic carbocycles. The smallest absolute Gasteiger partial charge is 0.226 e. The molecule has 1 amide bonds. The number of amides is 1. The van der Waals surface area contributed by atoms with Gasteiger partial charge in [0.1, 0.15) is 9.84 Å². The third-order valence-corrected chi connectivity index (χ3v) is 4.54. The number of benzene rings is 1. The highest BCUT2D eigenvalue weighted by Gasteiger charge is 2.09. The number of fused-ring (bicyclic) bond motifs is 1. The highest BCUT2D eigenvalue weighted by atomic mass is 32.2. The van der Waals surface area contributed by atoms with Crippen molar-refractivity contribution < 1.29 is 13.2 Å². The first-order valence-electron chi connectivity index (χ1n) is 5.97. The van der Waals surface area contributed by atoms with Crippen LogP contribution in [-0.4, -0.2) is 31.3 Å². The van der Waals surface area contributed by atoms with Gasteiger partial charge in [-0.2, -0.15) is 0 Å². The lowest BCUT2D eigenvalue weighted by atomic mass is 10.3. The second-order valence-corrected chi connectivity index (χ2v) is 7.82. The lowest BCUT2D eigenvalue weighted by Crippen LogP contribution is -2.13. The van der Waals surface area contributed by atoms with Gasteiger partial charge in [-0.15, -0.1) is 0 Å². The topological polar surface area (TPSA) is 102 Å². The molecule has 0 bridgehead atoms. The first-order valence-corrected chi connectivity index (χ1v) is 8.85. The molecule has 0 spiro atoms. The number of aromatic nitrogens is 1. The van der Waals surface area contributed by atoms with Crippen molar-refractivity contribution in [1.82, 2.24) is 4.98 Å². The molecule has 0 aliphatic rings. The number of carbonyl (C=O) groups excluding carboxylic acids is 1. The van der Waals surface area contributed by atoms with Gasteiger partial charge in [0, 0.05) is 18.4 Å². The van der Waals surface area contributed by atoms with Crippen LogP contribution in [0.3, 0.4) is 0 Å². The van der Waals surface area contributed by atoms with Crippen LogP contribution < -0.4 is 11.1 Å². The number of nitrogens with two attached hydrogens (primary N) is 1. The Morgan fingerprint density at radius 1 is 1.45 bits per heavy atom. The van der Waals surface area contributed by atoms with Crippen LogP contribution in [0.15, 0.2) is 18.2 Å². The van der Waals surface area contributed by atoms with E-state index in [2.05, 4.69) is 10.3 Å². The molecule has 3 N–H and O–H groups in total. The zero-order valence-corrected chi connectivity index (χ0v) is 12.6. The standard InChI is InChI=1S/C12H15N3O3S2/c1-20(17,18)6-2-3-11(16)15-12-14-9-5-4-8(13)7-10(9)19-12/h4-5,7H,2-3,6,13H2,1H3,(H,14,15,16). The number of rotatable bonds is 5. The van der Waals surface area contributed by atoms with E-state index in [1.807, 2.05) is 0 Å². The number of anilines is 2. The third-order valence-electron chi connectivity index (χ3n) is 2.58. The minimum atomic E-state index is -3.02. The summed E-state index contributed by atoms with van der Waals surface area (Å²) in [7, 11) is -3.02. The monoisotopic (exact) mass is 313 g/mol. The molecule has 108 valence electrons. The summed E-state index contributed by atoms with van der Waals surface area (Å²) >= 11 is 1.34. The number of sulfone groups is 1. The summed E-state index contributed by atoms with van der Waals surface area (Å²) in [6.07, 6.45) is 1.62. The number of nitrogen functional groups attached to an aromatic ring is 1. The molecule has 0 saturated heterocycles. The van der Waals surface area contributed by atoms with Crippen molar-refractivity contribution >= 4 is 48.1 Å². The minimum Gasteiger partial charge on any atom is -0.399 e. The van der Waals surface area contributed by atoms with Crippen molar-refractivity contribution in [2.75, 3.05) is 23.1 Å². The van der Waals surface area contributed by atoms with Crippen LogP contribution in [-0.2, 0) is 14.6 Å². The van der Waals surface area contributed by atoms with E-state index < -0.39 is 9.84 Å². The Morgan fingerprint density at radius 3 is 2.90 bits per heavy atom.